The summed E-state index contributed by atoms with van der Waals surface area (Å²) < 4.78 is 12.2. The number of carbonyl (C=O) groups is 3. The van der Waals surface area contributed by atoms with Crippen LogP contribution in [0.5, 0.6) is 0 Å². The summed E-state index contributed by atoms with van der Waals surface area (Å²) in [7, 11) is 0. The number of primary amides is 1. The number of amides is 1. The van der Waals surface area contributed by atoms with Crippen molar-refractivity contribution in [3.8, 4) is 0 Å². The highest BCUT2D eigenvalue weighted by molar-refractivity contribution is 5.90. The van der Waals surface area contributed by atoms with Crippen LogP contribution in [-0.2, 0) is 14.4 Å². The molecule has 0 aromatic heterocycles. The van der Waals surface area contributed by atoms with E-state index in [9.17, 15) is 18.8 Å². The van der Waals surface area contributed by atoms with Crippen LogP contribution in [0, 0.1) is 5.92 Å². The molecule has 0 saturated heterocycles. The van der Waals surface area contributed by atoms with Gasteiger partial charge in [-0.2, -0.15) is 0 Å². The summed E-state index contributed by atoms with van der Waals surface area (Å²) >= 11 is 0. The highest BCUT2D eigenvalue weighted by Crippen LogP contribution is 2.05. The fourth-order valence-electron chi connectivity index (χ4n) is 1.35. The van der Waals surface area contributed by atoms with E-state index in [1.165, 1.54) is 0 Å². The van der Waals surface area contributed by atoms with Gasteiger partial charge < -0.3 is 10.8 Å². The van der Waals surface area contributed by atoms with Crippen molar-refractivity contribution >= 4 is 17.7 Å². The smallest absolute Gasteiger partial charge is 0.305 e. The number of aliphatic carboxylic acids is 1. The third kappa shape index (κ3) is 5.39. The second-order valence-electron chi connectivity index (χ2n) is 4.04. The highest BCUT2D eigenvalue weighted by Gasteiger charge is 2.28. The average molecular weight is 248 g/mol. The highest BCUT2D eigenvalue weighted by atomic mass is 19.1. The van der Waals surface area contributed by atoms with E-state index in [0.29, 0.717) is 0 Å². The molecule has 0 spiro atoms. The zero-order valence-corrected chi connectivity index (χ0v) is 9.77. The van der Waals surface area contributed by atoms with Gasteiger partial charge in [-0.1, -0.05) is 13.8 Å². The molecule has 0 heterocycles. The number of carbonyl (C=O) groups excluding carboxylic acids is 2. The van der Waals surface area contributed by atoms with Gasteiger partial charge in [0.2, 0.25) is 5.91 Å². The molecular weight excluding hydrogens is 231 g/mol. The Morgan fingerprint density at radius 2 is 1.88 bits per heavy atom. The van der Waals surface area contributed by atoms with Crippen molar-refractivity contribution in [2.24, 2.45) is 11.7 Å². The first kappa shape index (κ1) is 15.5. The standard InChI is InChI=1S/C10H17FN2O4/c1-5(2)9(10(12)17)13-6(3-8(15)16)7(14)4-11/h5-6,9,13H,3-4H2,1-2H3,(H2,12,17)(H,15,16)/t6-,9-/m0/s1. The van der Waals surface area contributed by atoms with Crippen molar-refractivity contribution in [3.05, 3.63) is 0 Å². The Labute approximate surface area is 98.4 Å². The lowest BCUT2D eigenvalue weighted by Gasteiger charge is -2.23. The molecule has 0 rings (SSSR count). The number of nitrogens with two attached hydrogens (primary N) is 1. The predicted octanol–water partition coefficient (Wildman–Crippen LogP) is -0.532. The molecule has 0 aliphatic rings. The molecule has 7 heteroatoms. The molecule has 0 aromatic rings. The van der Waals surface area contributed by atoms with Gasteiger partial charge in [0.15, 0.2) is 5.78 Å². The zero-order valence-electron chi connectivity index (χ0n) is 9.77. The number of hydrogen-bond donors (Lipinski definition) is 3. The van der Waals surface area contributed by atoms with Crippen LogP contribution < -0.4 is 11.1 Å². The minimum absolute atomic E-state index is 0.226. The van der Waals surface area contributed by atoms with E-state index < -0.39 is 42.8 Å². The molecule has 2 atom stereocenters. The number of hydrogen-bond acceptors (Lipinski definition) is 4. The van der Waals surface area contributed by atoms with Crippen LogP contribution in [-0.4, -0.2) is 41.5 Å². The number of nitrogens with one attached hydrogen (secondary N) is 1. The summed E-state index contributed by atoms with van der Waals surface area (Å²) in [5.41, 5.74) is 5.10. The summed E-state index contributed by atoms with van der Waals surface area (Å²) in [5, 5.41) is 11.1. The molecule has 0 aromatic carbocycles. The van der Waals surface area contributed by atoms with E-state index in [1.54, 1.807) is 13.8 Å². The topological polar surface area (TPSA) is 109 Å². The lowest BCUT2D eigenvalue weighted by atomic mass is 10.0. The minimum Gasteiger partial charge on any atom is -0.481 e. The molecule has 0 radical (unpaired) electrons. The molecule has 1 amide bonds. The van der Waals surface area contributed by atoms with Crippen molar-refractivity contribution in [2.45, 2.75) is 32.4 Å². The summed E-state index contributed by atoms with van der Waals surface area (Å²) in [5.74, 6) is -3.09. The van der Waals surface area contributed by atoms with Crippen LogP contribution >= 0.6 is 0 Å². The lowest BCUT2D eigenvalue weighted by molar-refractivity contribution is -0.140. The molecule has 17 heavy (non-hydrogen) atoms. The second-order valence-corrected chi connectivity index (χ2v) is 4.04. The van der Waals surface area contributed by atoms with Crippen LogP contribution in [0.15, 0.2) is 0 Å². The van der Waals surface area contributed by atoms with Gasteiger partial charge in [-0.3, -0.25) is 19.7 Å². The maximum absolute atomic E-state index is 12.2. The minimum atomic E-state index is -1.28. The maximum Gasteiger partial charge on any atom is 0.305 e. The number of rotatable bonds is 8. The van der Waals surface area contributed by atoms with E-state index in [4.69, 9.17) is 10.8 Å². The Hall–Kier alpha value is -1.50. The molecule has 0 saturated carbocycles. The zero-order chi connectivity index (χ0) is 13.6. The van der Waals surface area contributed by atoms with Gasteiger partial charge in [0, 0.05) is 0 Å². The second kappa shape index (κ2) is 6.95. The molecule has 0 bridgehead atoms. The van der Waals surface area contributed by atoms with E-state index in [1.807, 2.05) is 0 Å². The largest absolute Gasteiger partial charge is 0.481 e. The third-order valence-corrected chi connectivity index (χ3v) is 2.25. The molecular formula is C10H17FN2O4. The Kier molecular flexibility index (Phi) is 6.34. The number of halogens is 1. The normalized spacial score (nSPS) is 14.4. The average Bonchev–Trinajstić information content (AvgIpc) is 2.21. The van der Waals surface area contributed by atoms with Gasteiger partial charge in [0.1, 0.15) is 6.67 Å². The van der Waals surface area contributed by atoms with Crippen LogP contribution in [0.4, 0.5) is 4.39 Å². The molecule has 6 nitrogen and oxygen atoms in total. The van der Waals surface area contributed by atoms with E-state index >= 15 is 0 Å². The first-order valence-corrected chi connectivity index (χ1v) is 5.15. The Morgan fingerprint density at radius 3 is 2.18 bits per heavy atom. The van der Waals surface area contributed by atoms with Gasteiger partial charge in [-0.25, -0.2) is 4.39 Å². The summed E-state index contributed by atoms with van der Waals surface area (Å²) in [4.78, 5) is 32.8. The van der Waals surface area contributed by atoms with Gasteiger partial charge >= 0.3 is 5.97 Å². The quantitative estimate of drug-likeness (QED) is 0.535. The Balaban J connectivity index is 4.76. The van der Waals surface area contributed by atoms with Gasteiger partial charge in [-0.15, -0.1) is 0 Å². The van der Waals surface area contributed by atoms with E-state index in [0.717, 1.165) is 0 Å². The monoisotopic (exact) mass is 248 g/mol. The first-order valence-electron chi connectivity index (χ1n) is 5.15. The molecule has 0 fully saturated rings. The van der Waals surface area contributed by atoms with Crippen LogP contribution in [0.25, 0.3) is 0 Å². The number of Topliss-reactive ketones (excluding diaryl/α,β-unsaturated/α-hetero) is 1. The van der Waals surface area contributed by atoms with E-state index in [-0.39, 0.29) is 5.92 Å². The summed E-state index contributed by atoms with van der Waals surface area (Å²) in [6.07, 6.45) is -0.584. The number of ketones is 1. The first-order chi connectivity index (χ1) is 7.79. The number of alkyl halides is 1. The third-order valence-electron chi connectivity index (χ3n) is 2.25. The van der Waals surface area contributed by atoms with Crippen molar-refractivity contribution in [2.75, 3.05) is 6.67 Å². The predicted molar refractivity (Wildman–Crippen MR) is 58.0 cm³/mol. The van der Waals surface area contributed by atoms with E-state index in [2.05, 4.69) is 5.32 Å². The van der Waals surface area contributed by atoms with Gasteiger partial charge in [0.05, 0.1) is 18.5 Å². The van der Waals surface area contributed by atoms with Gasteiger partial charge in [-0.05, 0) is 5.92 Å². The lowest BCUT2D eigenvalue weighted by Crippen LogP contribution is -2.53. The molecule has 0 unspecified atom stereocenters. The van der Waals surface area contributed by atoms with Crippen molar-refractivity contribution in [1.82, 2.24) is 5.32 Å². The summed E-state index contributed by atoms with van der Waals surface area (Å²) in [6.45, 7) is 2.08. The van der Waals surface area contributed by atoms with Crippen molar-refractivity contribution in [1.29, 1.82) is 0 Å². The SMILES string of the molecule is CC(C)[C@H](N[C@@H](CC(=O)O)C(=O)CF)C(N)=O. The van der Waals surface area contributed by atoms with Crippen molar-refractivity contribution < 1.29 is 23.9 Å². The Morgan fingerprint density at radius 1 is 1.35 bits per heavy atom. The fourth-order valence-corrected chi connectivity index (χ4v) is 1.35. The molecule has 0 aliphatic carbocycles. The number of carboxylic acids is 1. The van der Waals surface area contributed by atoms with Crippen LogP contribution in [0.3, 0.4) is 0 Å². The maximum atomic E-state index is 12.2. The molecule has 4 N–H and O–H groups in total. The van der Waals surface area contributed by atoms with Gasteiger partial charge in [0.25, 0.3) is 0 Å². The van der Waals surface area contributed by atoms with Crippen LogP contribution in [0.2, 0.25) is 0 Å². The summed E-state index contributed by atoms with van der Waals surface area (Å²) in [6, 6.07) is -2.10. The van der Waals surface area contributed by atoms with Crippen LogP contribution in [0.1, 0.15) is 20.3 Å². The number of carboxylic acid groups (broad SMARTS) is 1. The molecule has 98 valence electrons. The Bertz CT molecular complexity index is 307. The fraction of sp³-hybridized carbons (Fsp3) is 0.700. The van der Waals surface area contributed by atoms with Crippen molar-refractivity contribution in [3.63, 3.8) is 0 Å². The molecule has 0 aliphatic heterocycles.